The molecule has 0 heterocycles. The predicted molar refractivity (Wildman–Crippen MR) is 73.9 cm³/mol. The molecule has 0 spiro atoms. The van der Waals surface area contributed by atoms with Gasteiger partial charge in [0.1, 0.15) is 0 Å². The van der Waals surface area contributed by atoms with E-state index in [9.17, 15) is 9.59 Å². The molecule has 3 nitrogen and oxygen atoms in total. The van der Waals surface area contributed by atoms with Gasteiger partial charge in [0.15, 0.2) is 5.78 Å². The van der Waals surface area contributed by atoms with Crippen LogP contribution in [-0.2, 0) is 27.2 Å². The molecular formula is C13H14BrClO3. The molecule has 5 heteroatoms. The van der Waals surface area contributed by atoms with Crippen molar-refractivity contribution in [2.45, 2.75) is 19.8 Å². The van der Waals surface area contributed by atoms with Gasteiger partial charge >= 0.3 is 5.97 Å². The van der Waals surface area contributed by atoms with E-state index in [0.717, 1.165) is 15.6 Å². The molecule has 0 saturated heterocycles. The van der Waals surface area contributed by atoms with E-state index >= 15 is 0 Å². The smallest absolute Gasteiger partial charge is 0.310 e. The SMILES string of the molecule is CCOC(=O)Cc1ccc(CC(=O)CCl)cc1Br. The average molecular weight is 334 g/mol. The predicted octanol–water partition coefficient (Wildman–Crippen LogP) is 2.91. The molecule has 0 radical (unpaired) electrons. The van der Waals surface area contributed by atoms with Crippen molar-refractivity contribution in [1.82, 2.24) is 0 Å². The number of carbonyl (C=O) groups is 2. The van der Waals surface area contributed by atoms with Crippen LogP contribution in [0, 0.1) is 0 Å². The third-order valence-electron chi connectivity index (χ3n) is 2.31. The van der Waals surface area contributed by atoms with Crippen LogP contribution >= 0.6 is 27.5 Å². The fourth-order valence-corrected chi connectivity index (χ4v) is 2.15. The van der Waals surface area contributed by atoms with Crippen LogP contribution in [0.25, 0.3) is 0 Å². The van der Waals surface area contributed by atoms with Gasteiger partial charge in [-0.15, -0.1) is 11.6 Å². The minimum absolute atomic E-state index is 0.0161. The second-order valence-electron chi connectivity index (χ2n) is 3.76. The summed E-state index contributed by atoms with van der Waals surface area (Å²) >= 11 is 8.84. The summed E-state index contributed by atoms with van der Waals surface area (Å²) in [6.45, 7) is 2.15. The largest absolute Gasteiger partial charge is 0.466 e. The Morgan fingerprint density at radius 2 is 2.06 bits per heavy atom. The summed E-state index contributed by atoms with van der Waals surface area (Å²) in [5.74, 6) is -0.271. The van der Waals surface area contributed by atoms with Gasteiger partial charge in [-0.2, -0.15) is 0 Å². The number of benzene rings is 1. The molecule has 0 amide bonds. The summed E-state index contributed by atoms with van der Waals surface area (Å²) in [6, 6.07) is 5.47. The van der Waals surface area contributed by atoms with E-state index in [1.54, 1.807) is 6.92 Å². The Hall–Kier alpha value is -0.870. The molecule has 1 aromatic rings. The number of Topliss-reactive ketones (excluding diaryl/α,β-unsaturated/α-hetero) is 1. The lowest BCUT2D eigenvalue weighted by Crippen LogP contribution is -2.08. The first-order valence-corrected chi connectivity index (χ1v) is 6.90. The zero-order valence-electron chi connectivity index (χ0n) is 10.0. The standard InChI is InChI=1S/C13H14BrClO3/c1-2-18-13(17)7-10-4-3-9(6-12(10)14)5-11(16)8-15/h3-4,6H,2,5,7-8H2,1H3. The van der Waals surface area contributed by atoms with Crippen molar-refractivity contribution in [3.63, 3.8) is 0 Å². The molecule has 0 fully saturated rings. The molecule has 0 aromatic heterocycles. The highest BCUT2D eigenvalue weighted by atomic mass is 79.9. The van der Waals surface area contributed by atoms with Crippen molar-refractivity contribution < 1.29 is 14.3 Å². The van der Waals surface area contributed by atoms with Gasteiger partial charge in [0, 0.05) is 10.9 Å². The first-order chi connectivity index (χ1) is 8.56. The van der Waals surface area contributed by atoms with E-state index < -0.39 is 0 Å². The van der Waals surface area contributed by atoms with Gasteiger partial charge in [-0.05, 0) is 24.1 Å². The Kier molecular flexibility index (Phi) is 6.36. The Bertz CT molecular complexity index is 446. The van der Waals surface area contributed by atoms with Crippen molar-refractivity contribution in [3.05, 3.63) is 33.8 Å². The van der Waals surface area contributed by atoms with Gasteiger partial charge in [0.2, 0.25) is 0 Å². The highest BCUT2D eigenvalue weighted by Crippen LogP contribution is 2.20. The number of hydrogen-bond donors (Lipinski definition) is 0. The summed E-state index contributed by atoms with van der Waals surface area (Å²) in [5, 5.41) is 0. The molecule has 1 rings (SSSR count). The van der Waals surface area contributed by atoms with Crippen LogP contribution in [0.1, 0.15) is 18.1 Å². The van der Waals surface area contributed by atoms with Gasteiger partial charge in [0.25, 0.3) is 0 Å². The molecule has 0 aliphatic carbocycles. The molecule has 0 N–H and O–H groups in total. The van der Waals surface area contributed by atoms with E-state index in [1.165, 1.54) is 0 Å². The Labute approximate surface area is 120 Å². The summed E-state index contributed by atoms with van der Waals surface area (Å²) in [6.07, 6.45) is 0.528. The van der Waals surface area contributed by atoms with Gasteiger partial charge in [-0.25, -0.2) is 0 Å². The second kappa shape index (κ2) is 7.54. The number of hydrogen-bond acceptors (Lipinski definition) is 3. The van der Waals surface area contributed by atoms with Crippen LogP contribution in [-0.4, -0.2) is 24.2 Å². The lowest BCUT2D eigenvalue weighted by Gasteiger charge is -2.06. The number of esters is 1. The molecule has 18 heavy (non-hydrogen) atoms. The van der Waals surface area contributed by atoms with Gasteiger partial charge in [-0.3, -0.25) is 9.59 Å². The lowest BCUT2D eigenvalue weighted by atomic mass is 10.1. The minimum Gasteiger partial charge on any atom is -0.466 e. The molecule has 0 atom stereocenters. The summed E-state index contributed by atoms with van der Waals surface area (Å²) in [4.78, 5) is 22.6. The summed E-state index contributed by atoms with van der Waals surface area (Å²) < 4.78 is 5.68. The molecule has 98 valence electrons. The Morgan fingerprint density at radius 1 is 1.33 bits per heavy atom. The molecule has 0 bridgehead atoms. The number of carbonyl (C=O) groups excluding carboxylic acids is 2. The highest BCUT2D eigenvalue weighted by molar-refractivity contribution is 9.10. The minimum atomic E-state index is -0.261. The van der Waals surface area contributed by atoms with E-state index in [2.05, 4.69) is 15.9 Å². The summed E-state index contributed by atoms with van der Waals surface area (Å²) in [5.41, 5.74) is 1.72. The summed E-state index contributed by atoms with van der Waals surface area (Å²) in [7, 11) is 0. The number of halogens is 2. The van der Waals surface area contributed by atoms with E-state index in [1.807, 2.05) is 18.2 Å². The normalized spacial score (nSPS) is 10.2. The molecule has 0 saturated carbocycles. The van der Waals surface area contributed by atoms with Crippen molar-refractivity contribution in [3.8, 4) is 0 Å². The second-order valence-corrected chi connectivity index (χ2v) is 4.88. The molecular weight excluding hydrogens is 319 g/mol. The molecule has 0 aliphatic heterocycles. The van der Waals surface area contributed by atoms with Crippen LogP contribution in [0.2, 0.25) is 0 Å². The third kappa shape index (κ3) is 4.78. The van der Waals surface area contributed by atoms with Gasteiger partial charge in [-0.1, -0.05) is 28.1 Å². The van der Waals surface area contributed by atoms with E-state index in [0.29, 0.717) is 13.0 Å². The number of rotatable bonds is 6. The highest BCUT2D eigenvalue weighted by Gasteiger charge is 2.09. The Balaban J connectivity index is 2.73. The number of ether oxygens (including phenoxy) is 1. The van der Waals surface area contributed by atoms with E-state index in [-0.39, 0.29) is 24.1 Å². The molecule has 1 aromatic carbocycles. The van der Waals surface area contributed by atoms with Crippen molar-refractivity contribution in [2.75, 3.05) is 12.5 Å². The number of ketones is 1. The lowest BCUT2D eigenvalue weighted by molar-refractivity contribution is -0.142. The monoisotopic (exact) mass is 332 g/mol. The molecule has 0 unspecified atom stereocenters. The van der Waals surface area contributed by atoms with E-state index in [4.69, 9.17) is 16.3 Å². The van der Waals surface area contributed by atoms with Crippen molar-refractivity contribution in [2.24, 2.45) is 0 Å². The van der Waals surface area contributed by atoms with Gasteiger partial charge in [0.05, 0.1) is 18.9 Å². The first-order valence-electron chi connectivity index (χ1n) is 5.57. The van der Waals surface area contributed by atoms with Crippen LogP contribution in [0.4, 0.5) is 0 Å². The Morgan fingerprint density at radius 3 is 2.61 bits per heavy atom. The maximum atomic E-state index is 11.4. The first kappa shape index (κ1) is 15.2. The topological polar surface area (TPSA) is 43.4 Å². The maximum Gasteiger partial charge on any atom is 0.310 e. The van der Waals surface area contributed by atoms with Crippen molar-refractivity contribution >= 4 is 39.3 Å². The zero-order chi connectivity index (χ0) is 13.5. The van der Waals surface area contributed by atoms with Crippen LogP contribution in [0.15, 0.2) is 22.7 Å². The van der Waals surface area contributed by atoms with Crippen LogP contribution < -0.4 is 0 Å². The molecule has 0 aliphatic rings. The quantitative estimate of drug-likeness (QED) is 0.594. The van der Waals surface area contributed by atoms with Gasteiger partial charge < -0.3 is 4.74 Å². The maximum absolute atomic E-state index is 11.4. The zero-order valence-corrected chi connectivity index (χ0v) is 12.4. The third-order valence-corrected chi connectivity index (χ3v) is 3.34. The van der Waals surface area contributed by atoms with Crippen LogP contribution in [0.5, 0.6) is 0 Å². The fraction of sp³-hybridized carbons (Fsp3) is 0.385. The van der Waals surface area contributed by atoms with Crippen LogP contribution in [0.3, 0.4) is 0 Å². The average Bonchev–Trinajstić information content (AvgIpc) is 2.33. The number of alkyl halides is 1. The fourth-order valence-electron chi connectivity index (χ4n) is 1.49. The van der Waals surface area contributed by atoms with Crippen molar-refractivity contribution in [1.29, 1.82) is 0 Å².